The van der Waals surface area contributed by atoms with Crippen molar-refractivity contribution in [2.75, 3.05) is 31.1 Å². The van der Waals surface area contributed by atoms with Gasteiger partial charge in [0.05, 0.1) is 4.91 Å². The molecule has 3 amide bonds. The van der Waals surface area contributed by atoms with Gasteiger partial charge in [0.25, 0.3) is 11.1 Å². The Morgan fingerprint density at radius 3 is 2.67 bits per heavy atom. The number of carbonyl (C=O) groups excluding carboxylic acids is 3. The van der Waals surface area contributed by atoms with Crippen molar-refractivity contribution in [3.8, 4) is 0 Å². The fourth-order valence-corrected chi connectivity index (χ4v) is 4.17. The summed E-state index contributed by atoms with van der Waals surface area (Å²) in [7, 11) is 0. The Balaban J connectivity index is 1.71. The summed E-state index contributed by atoms with van der Waals surface area (Å²) in [5.74, 6) is -0.718. The highest BCUT2D eigenvalue weighted by Gasteiger charge is 2.36. The van der Waals surface area contributed by atoms with E-state index in [1.54, 1.807) is 6.08 Å². The van der Waals surface area contributed by atoms with Gasteiger partial charge in [-0.1, -0.05) is 13.0 Å². The maximum atomic E-state index is 12.5. The van der Waals surface area contributed by atoms with E-state index < -0.39 is 11.1 Å². The molecule has 2 aliphatic heterocycles. The zero-order valence-electron chi connectivity index (χ0n) is 15.8. The lowest BCUT2D eigenvalue weighted by atomic mass is 10.1. The van der Waals surface area contributed by atoms with Crippen LogP contribution >= 0.6 is 11.8 Å². The van der Waals surface area contributed by atoms with E-state index in [9.17, 15) is 14.4 Å². The normalized spacial score (nSPS) is 18.7. The summed E-state index contributed by atoms with van der Waals surface area (Å²) < 4.78 is 0. The Morgan fingerprint density at radius 2 is 2.00 bits per heavy atom. The smallest absolute Gasteiger partial charge is 0.294 e. The molecular weight excluding hydrogens is 362 g/mol. The fourth-order valence-electron chi connectivity index (χ4n) is 3.33. The van der Waals surface area contributed by atoms with Gasteiger partial charge in [-0.3, -0.25) is 19.3 Å². The summed E-state index contributed by atoms with van der Waals surface area (Å²) in [5.41, 5.74) is 3.27. The van der Waals surface area contributed by atoms with Crippen molar-refractivity contribution in [2.24, 2.45) is 0 Å². The van der Waals surface area contributed by atoms with E-state index in [2.05, 4.69) is 23.2 Å². The molecule has 0 atom stereocenters. The molecule has 0 aromatic heterocycles. The first-order chi connectivity index (χ1) is 13.0. The zero-order valence-corrected chi connectivity index (χ0v) is 16.6. The molecule has 144 valence electrons. The maximum Gasteiger partial charge on any atom is 0.294 e. The Kier molecular flexibility index (Phi) is 6.21. The summed E-state index contributed by atoms with van der Waals surface area (Å²) in [4.78, 5) is 40.2. The van der Waals surface area contributed by atoms with Crippen LogP contribution in [0.5, 0.6) is 0 Å². The van der Waals surface area contributed by atoms with Crippen LogP contribution in [0.15, 0.2) is 23.1 Å². The van der Waals surface area contributed by atoms with Crippen molar-refractivity contribution in [3.05, 3.63) is 34.2 Å². The molecule has 6 nitrogen and oxygen atoms in total. The van der Waals surface area contributed by atoms with Gasteiger partial charge in [-0.15, -0.1) is 0 Å². The summed E-state index contributed by atoms with van der Waals surface area (Å²) in [6.45, 7) is 6.48. The maximum absolute atomic E-state index is 12.5. The fraction of sp³-hybridized carbons (Fsp3) is 0.450. The van der Waals surface area contributed by atoms with E-state index in [0.717, 1.165) is 47.3 Å². The third-order valence-electron chi connectivity index (χ3n) is 4.71. The van der Waals surface area contributed by atoms with Crippen molar-refractivity contribution in [1.82, 2.24) is 10.2 Å². The number of hydrogen-bond donors (Lipinski definition) is 1. The molecule has 0 aliphatic carbocycles. The number of thioether (sulfide) groups is 1. The Morgan fingerprint density at radius 1 is 1.26 bits per heavy atom. The topological polar surface area (TPSA) is 69.7 Å². The molecule has 2 aliphatic rings. The molecular formula is C20H25N3O3S. The second kappa shape index (κ2) is 8.61. The molecule has 2 saturated heterocycles. The number of aryl methyl sites for hydroxylation is 1. The average molecular weight is 388 g/mol. The minimum Gasteiger partial charge on any atom is -0.371 e. The molecule has 0 radical (unpaired) electrons. The van der Waals surface area contributed by atoms with Crippen LogP contribution in [0, 0.1) is 6.92 Å². The van der Waals surface area contributed by atoms with E-state index in [4.69, 9.17) is 0 Å². The van der Waals surface area contributed by atoms with Gasteiger partial charge >= 0.3 is 0 Å². The van der Waals surface area contributed by atoms with Crippen LogP contribution in [0.25, 0.3) is 6.08 Å². The predicted octanol–water partition coefficient (Wildman–Crippen LogP) is 3.16. The number of amides is 3. The second-order valence-corrected chi connectivity index (χ2v) is 7.85. The van der Waals surface area contributed by atoms with Gasteiger partial charge in [0, 0.05) is 25.3 Å². The lowest BCUT2D eigenvalue weighted by Gasteiger charge is -2.20. The lowest BCUT2D eigenvalue weighted by molar-refractivity contribution is -0.129. The SMILES string of the molecule is CCCNC(=O)CN1C(=O)S/C(=C\c2ccc(N3CCCC3)c(C)c2)C1=O. The van der Waals surface area contributed by atoms with Crippen molar-refractivity contribution >= 4 is 40.6 Å². The van der Waals surface area contributed by atoms with Gasteiger partial charge in [0.15, 0.2) is 0 Å². The molecule has 27 heavy (non-hydrogen) atoms. The summed E-state index contributed by atoms with van der Waals surface area (Å²) in [5, 5.41) is 2.29. The van der Waals surface area contributed by atoms with Gasteiger partial charge in [0.2, 0.25) is 5.91 Å². The third kappa shape index (κ3) is 4.53. The lowest BCUT2D eigenvalue weighted by Crippen LogP contribution is -2.39. The first-order valence-corrected chi connectivity index (χ1v) is 10.2. The van der Waals surface area contributed by atoms with Crippen molar-refractivity contribution in [3.63, 3.8) is 0 Å². The molecule has 2 heterocycles. The number of carbonyl (C=O) groups is 3. The van der Waals surface area contributed by atoms with Gasteiger partial charge in [-0.05, 0) is 67.3 Å². The van der Waals surface area contributed by atoms with Crippen LogP contribution in [-0.2, 0) is 9.59 Å². The molecule has 0 saturated carbocycles. The molecule has 0 unspecified atom stereocenters. The number of benzene rings is 1. The molecule has 0 bridgehead atoms. The first-order valence-electron chi connectivity index (χ1n) is 9.37. The van der Waals surface area contributed by atoms with Crippen LogP contribution in [0.2, 0.25) is 0 Å². The largest absolute Gasteiger partial charge is 0.371 e. The molecule has 3 rings (SSSR count). The Hall–Kier alpha value is -2.28. The number of anilines is 1. The molecule has 1 N–H and O–H groups in total. The Bertz CT molecular complexity index is 785. The molecule has 1 aromatic carbocycles. The van der Waals surface area contributed by atoms with Crippen LogP contribution in [-0.4, -0.2) is 48.1 Å². The van der Waals surface area contributed by atoms with Crippen LogP contribution in [0.1, 0.15) is 37.3 Å². The number of imide groups is 1. The number of rotatable bonds is 6. The predicted molar refractivity (Wildman–Crippen MR) is 109 cm³/mol. The average Bonchev–Trinajstić information content (AvgIpc) is 3.25. The van der Waals surface area contributed by atoms with E-state index >= 15 is 0 Å². The van der Waals surface area contributed by atoms with Crippen LogP contribution in [0.4, 0.5) is 10.5 Å². The minimum absolute atomic E-state index is 0.227. The highest BCUT2D eigenvalue weighted by Crippen LogP contribution is 2.33. The van der Waals surface area contributed by atoms with Crippen molar-refractivity contribution in [1.29, 1.82) is 0 Å². The standard InChI is InChI=1S/C20H25N3O3S/c1-3-8-21-18(24)13-23-19(25)17(27-20(23)26)12-15-6-7-16(14(2)11-15)22-9-4-5-10-22/h6-7,11-12H,3-5,8-10,13H2,1-2H3,(H,21,24)/b17-12-. The van der Waals surface area contributed by atoms with Gasteiger partial charge in [-0.25, -0.2) is 0 Å². The van der Waals surface area contributed by atoms with Gasteiger partial charge < -0.3 is 10.2 Å². The highest BCUT2D eigenvalue weighted by molar-refractivity contribution is 8.18. The third-order valence-corrected chi connectivity index (χ3v) is 5.62. The van der Waals surface area contributed by atoms with Gasteiger partial charge in [-0.2, -0.15) is 0 Å². The van der Waals surface area contributed by atoms with Crippen molar-refractivity contribution < 1.29 is 14.4 Å². The first kappa shape index (κ1) is 19.5. The van der Waals surface area contributed by atoms with Gasteiger partial charge in [0.1, 0.15) is 6.54 Å². The summed E-state index contributed by atoms with van der Waals surface area (Å²) >= 11 is 0.886. The highest BCUT2D eigenvalue weighted by atomic mass is 32.2. The van der Waals surface area contributed by atoms with E-state index in [1.165, 1.54) is 18.5 Å². The quantitative estimate of drug-likeness (QED) is 0.760. The number of hydrogen-bond acceptors (Lipinski definition) is 5. The summed E-state index contributed by atoms with van der Waals surface area (Å²) in [6.07, 6.45) is 4.98. The van der Waals surface area contributed by atoms with Crippen molar-refractivity contribution in [2.45, 2.75) is 33.1 Å². The number of nitrogens with one attached hydrogen (secondary N) is 1. The monoisotopic (exact) mass is 387 g/mol. The van der Waals surface area contributed by atoms with E-state index in [1.807, 2.05) is 19.1 Å². The second-order valence-electron chi connectivity index (χ2n) is 6.86. The van der Waals surface area contributed by atoms with E-state index in [-0.39, 0.29) is 12.5 Å². The molecule has 7 heteroatoms. The molecule has 2 fully saturated rings. The zero-order chi connectivity index (χ0) is 19.4. The Labute approximate surface area is 164 Å². The van der Waals surface area contributed by atoms with Crippen LogP contribution < -0.4 is 10.2 Å². The molecule has 0 spiro atoms. The molecule has 1 aromatic rings. The number of nitrogens with zero attached hydrogens (tertiary/aromatic N) is 2. The van der Waals surface area contributed by atoms with E-state index in [0.29, 0.717) is 11.4 Å². The van der Waals surface area contributed by atoms with Crippen LogP contribution in [0.3, 0.4) is 0 Å². The minimum atomic E-state index is -0.405. The summed E-state index contributed by atoms with van der Waals surface area (Å²) in [6, 6.07) is 6.09.